The highest BCUT2D eigenvalue weighted by atomic mass is 32.2. The molecule has 0 aromatic rings. The summed E-state index contributed by atoms with van der Waals surface area (Å²) in [5.41, 5.74) is -5.09. The van der Waals surface area contributed by atoms with Crippen molar-refractivity contribution in [2.45, 2.75) is 24.8 Å². The Labute approximate surface area is 62.3 Å². The van der Waals surface area contributed by atoms with Crippen molar-refractivity contribution in [1.82, 2.24) is 0 Å². The lowest BCUT2D eigenvalue weighted by molar-refractivity contribution is -0.0438. The Bertz CT molecular complexity index is 237. The van der Waals surface area contributed by atoms with Crippen LogP contribution >= 0.6 is 0 Å². The SMILES string of the molecule is O=S(=O)([C]1CCC1)C(F)(F)F. The minimum atomic E-state index is -5.09. The molecule has 1 aliphatic carbocycles. The molecule has 1 saturated carbocycles. The second-order valence-electron chi connectivity index (χ2n) is 2.34. The quantitative estimate of drug-likeness (QED) is 0.625. The molecule has 0 saturated heterocycles. The van der Waals surface area contributed by atoms with Crippen LogP contribution in [-0.4, -0.2) is 13.9 Å². The van der Waals surface area contributed by atoms with Gasteiger partial charge in [-0.2, -0.15) is 13.2 Å². The summed E-state index contributed by atoms with van der Waals surface area (Å²) in [5.74, 6) is 0. The summed E-state index contributed by atoms with van der Waals surface area (Å²) in [4.78, 5) is 0. The maximum absolute atomic E-state index is 11.7. The molecule has 2 nitrogen and oxygen atoms in total. The molecule has 0 spiro atoms. The number of hydrogen-bond donors (Lipinski definition) is 0. The molecular formula is C5H6F3O2S. The van der Waals surface area contributed by atoms with Crippen LogP contribution in [-0.2, 0) is 9.84 Å². The van der Waals surface area contributed by atoms with Gasteiger partial charge in [-0.1, -0.05) is 6.42 Å². The molecule has 1 rings (SSSR count). The molecule has 0 aliphatic heterocycles. The number of hydrogen-bond acceptors (Lipinski definition) is 2. The summed E-state index contributed by atoms with van der Waals surface area (Å²) in [5, 5.41) is -0.370. The number of sulfone groups is 1. The van der Waals surface area contributed by atoms with Crippen LogP contribution in [0.1, 0.15) is 19.3 Å². The van der Waals surface area contributed by atoms with Gasteiger partial charge in [-0.25, -0.2) is 8.42 Å². The van der Waals surface area contributed by atoms with E-state index >= 15 is 0 Å². The van der Waals surface area contributed by atoms with Crippen LogP contribution in [0.25, 0.3) is 0 Å². The molecule has 0 atom stereocenters. The third-order valence-corrected chi connectivity index (χ3v) is 3.37. The average molecular weight is 187 g/mol. The van der Waals surface area contributed by atoms with Crippen molar-refractivity contribution in [1.29, 1.82) is 0 Å². The molecule has 0 bridgehead atoms. The average Bonchev–Trinajstić information content (AvgIpc) is 1.53. The van der Waals surface area contributed by atoms with E-state index in [2.05, 4.69) is 0 Å². The molecular weight excluding hydrogens is 181 g/mol. The summed E-state index contributed by atoms with van der Waals surface area (Å²) in [7, 11) is -4.92. The van der Waals surface area contributed by atoms with Gasteiger partial charge >= 0.3 is 5.51 Å². The first-order chi connectivity index (χ1) is 4.86. The summed E-state index contributed by atoms with van der Waals surface area (Å²) in [6.45, 7) is 0. The normalized spacial score (nSPS) is 21.4. The lowest BCUT2D eigenvalue weighted by Gasteiger charge is -2.24. The first-order valence-corrected chi connectivity index (χ1v) is 4.50. The van der Waals surface area contributed by atoms with E-state index in [9.17, 15) is 21.6 Å². The standard InChI is InChI=1S/C5H6F3O2S/c6-5(7,8)11(9,10)4-2-1-3-4/h1-3H2. The zero-order valence-electron chi connectivity index (χ0n) is 5.48. The van der Waals surface area contributed by atoms with Crippen molar-refractivity contribution in [2.24, 2.45) is 0 Å². The van der Waals surface area contributed by atoms with Gasteiger partial charge in [0.1, 0.15) is 5.25 Å². The highest BCUT2D eigenvalue weighted by Gasteiger charge is 2.52. The van der Waals surface area contributed by atoms with Crippen LogP contribution < -0.4 is 0 Å². The van der Waals surface area contributed by atoms with E-state index in [1.54, 1.807) is 0 Å². The summed E-state index contributed by atoms with van der Waals surface area (Å²) in [6, 6.07) is 0. The molecule has 11 heavy (non-hydrogen) atoms. The Morgan fingerprint density at radius 2 is 1.64 bits per heavy atom. The van der Waals surface area contributed by atoms with Crippen LogP contribution in [0.2, 0.25) is 0 Å². The molecule has 0 amide bonds. The Kier molecular flexibility index (Phi) is 1.90. The van der Waals surface area contributed by atoms with Gasteiger partial charge < -0.3 is 0 Å². The Hall–Kier alpha value is -0.260. The first kappa shape index (κ1) is 8.83. The van der Waals surface area contributed by atoms with E-state index in [0.717, 1.165) is 0 Å². The summed E-state index contributed by atoms with van der Waals surface area (Å²) in [6.07, 6.45) is 0.689. The molecule has 65 valence electrons. The second-order valence-corrected chi connectivity index (χ2v) is 4.39. The highest BCUT2D eigenvalue weighted by Crippen LogP contribution is 2.41. The highest BCUT2D eigenvalue weighted by molar-refractivity contribution is 7.95. The fraction of sp³-hybridized carbons (Fsp3) is 0.800. The van der Waals surface area contributed by atoms with Crippen LogP contribution in [0, 0.1) is 5.25 Å². The topological polar surface area (TPSA) is 34.1 Å². The maximum Gasteiger partial charge on any atom is 0.497 e. The van der Waals surface area contributed by atoms with Gasteiger partial charge in [-0.3, -0.25) is 0 Å². The molecule has 0 aromatic heterocycles. The monoisotopic (exact) mass is 187 g/mol. The van der Waals surface area contributed by atoms with Gasteiger partial charge in [0.25, 0.3) is 9.84 Å². The smallest absolute Gasteiger partial charge is 0.219 e. The minimum absolute atomic E-state index is 0.0713. The predicted molar refractivity (Wildman–Crippen MR) is 32.1 cm³/mol. The van der Waals surface area contributed by atoms with Gasteiger partial charge in [0.05, 0.1) is 0 Å². The van der Waals surface area contributed by atoms with Crippen molar-refractivity contribution in [3.05, 3.63) is 5.25 Å². The fourth-order valence-corrected chi connectivity index (χ4v) is 1.91. The molecule has 1 fully saturated rings. The van der Waals surface area contributed by atoms with E-state index in [0.29, 0.717) is 6.42 Å². The molecule has 6 heteroatoms. The number of rotatable bonds is 1. The molecule has 0 heterocycles. The molecule has 0 N–H and O–H groups in total. The Morgan fingerprint density at radius 1 is 1.18 bits per heavy atom. The van der Waals surface area contributed by atoms with E-state index in [-0.39, 0.29) is 18.1 Å². The molecule has 0 unspecified atom stereocenters. The van der Waals surface area contributed by atoms with Crippen LogP contribution in [0.5, 0.6) is 0 Å². The van der Waals surface area contributed by atoms with Crippen molar-refractivity contribution >= 4 is 9.84 Å². The van der Waals surface area contributed by atoms with Crippen LogP contribution in [0.4, 0.5) is 13.2 Å². The lowest BCUT2D eigenvalue weighted by atomic mass is 10.0. The molecule has 0 aromatic carbocycles. The zero-order chi connectivity index (χ0) is 8.70. The van der Waals surface area contributed by atoms with Crippen LogP contribution in [0.15, 0.2) is 0 Å². The Morgan fingerprint density at radius 3 is 1.73 bits per heavy atom. The van der Waals surface area contributed by atoms with E-state index in [1.807, 2.05) is 0 Å². The van der Waals surface area contributed by atoms with E-state index < -0.39 is 15.3 Å². The van der Waals surface area contributed by atoms with Crippen LogP contribution in [0.3, 0.4) is 0 Å². The lowest BCUT2D eigenvalue weighted by Crippen LogP contribution is -2.32. The zero-order valence-corrected chi connectivity index (χ0v) is 6.30. The first-order valence-electron chi connectivity index (χ1n) is 3.02. The molecule has 1 aliphatic rings. The van der Waals surface area contributed by atoms with Gasteiger partial charge in [0, 0.05) is 0 Å². The van der Waals surface area contributed by atoms with Gasteiger partial charge in [-0.05, 0) is 12.8 Å². The van der Waals surface area contributed by atoms with Crippen molar-refractivity contribution in [3.63, 3.8) is 0 Å². The number of alkyl halides is 3. The minimum Gasteiger partial charge on any atom is -0.219 e. The fourth-order valence-electron chi connectivity index (χ4n) is 0.754. The largest absolute Gasteiger partial charge is 0.497 e. The van der Waals surface area contributed by atoms with Gasteiger partial charge in [0.2, 0.25) is 0 Å². The summed E-state index contributed by atoms with van der Waals surface area (Å²) >= 11 is 0. The number of halogens is 3. The van der Waals surface area contributed by atoms with Crippen molar-refractivity contribution < 1.29 is 21.6 Å². The van der Waals surface area contributed by atoms with Crippen molar-refractivity contribution in [2.75, 3.05) is 0 Å². The van der Waals surface area contributed by atoms with E-state index in [4.69, 9.17) is 0 Å². The van der Waals surface area contributed by atoms with Gasteiger partial charge in [-0.15, -0.1) is 0 Å². The van der Waals surface area contributed by atoms with Crippen molar-refractivity contribution in [3.8, 4) is 0 Å². The maximum atomic E-state index is 11.7. The Balaban J connectivity index is 2.82. The molecule has 1 radical (unpaired) electrons. The third kappa shape index (κ3) is 1.36. The summed E-state index contributed by atoms with van der Waals surface area (Å²) < 4.78 is 56.0. The third-order valence-electron chi connectivity index (χ3n) is 1.60. The predicted octanol–water partition coefficient (Wildman–Crippen LogP) is 1.64. The van der Waals surface area contributed by atoms with E-state index in [1.165, 1.54) is 0 Å². The van der Waals surface area contributed by atoms with Gasteiger partial charge in [0.15, 0.2) is 0 Å². The second kappa shape index (κ2) is 2.36.